The van der Waals surface area contributed by atoms with Crippen LogP contribution >= 0.6 is 0 Å². The molecule has 1 aliphatic carbocycles. The number of terminal acetylenes is 1. The van der Waals surface area contributed by atoms with E-state index in [0.29, 0.717) is 6.42 Å². The summed E-state index contributed by atoms with van der Waals surface area (Å²) in [5, 5.41) is 9.22. The number of ketones is 1. The fraction of sp³-hybridized carbons (Fsp3) is 0.130. The fourth-order valence-corrected chi connectivity index (χ4v) is 3.19. The highest BCUT2D eigenvalue weighted by molar-refractivity contribution is 6.08. The van der Waals surface area contributed by atoms with Crippen LogP contribution in [-0.2, 0) is 4.79 Å². The van der Waals surface area contributed by atoms with Gasteiger partial charge in [-0.3, -0.25) is 4.79 Å². The molecule has 120 valence electrons. The standard InChI is InChI=1S/C23H17NO/c1-2-23(14-13-22(25)20(15-23)17-24)16-21(18-9-5-3-6-10-18)19-11-7-4-8-12-19/h1,3-15,21H,16H2. The summed E-state index contributed by atoms with van der Waals surface area (Å²) in [6.45, 7) is 0. The number of carbonyl (C=O) groups is 1. The third-order valence-corrected chi connectivity index (χ3v) is 4.53. The van der Waals surface area contributed by atoms with Crippen LogP contribution in [0.3, 0.4) is 0 Å². The molecule has 0 aromatic heterocycles. The van der Waals surface area contributed by atoms with Crippen molar-refractivity contribution in [3.63, 3.8) is 0 Å². The van der Waals surface area contributed by atoms with E-state index < -0.39 is 5.41 Å². The third kappa shape index (κ3) is 3.44. The molecule has 2 aromatic carbocycles. The van der Waals surface area contributed by atoms with Gasteiger partial charge in [-0.25, -0.2) is 0 Å². The minimum atomic E-state index is -0.755. The average molecular weight is 323 g/mol. The zero-order chi connectivity index (χ0) is 17.7. The van der Waals surface area contributed by atoms with Crippen LogP contribution in [0.1, 0.15) is 23.5 Å². The summed E-state index contributed by atoms with van der Waals surface area (Å²) >= 11 is 0. The Morgan fingerprint density at radius 1 is 1.00 bits per heavy atom. The Hall–Kier alpha value is -3.36. The second-order valence-electron chi connectivity index (χ2n) is 6.13. The number of rotatable bonds is 4. The summed E-state index contributed by atoms with van der Waals surface area (Å²) in [6, 6.07) is 22.3. The molecule has 2 nitrogen and oxygen atoms in total. The average Bonchev–Trinajstić information content (AvgIpc) is 2.69. The SMILES string of the molecule is C#CC1(CC(c2ccccc2)c2ccccc2)C=CC(=O)C(C#N)=C1. The number of carbonyl (C=O) groups excluding carboxylic acids is 1. The number of benzene rings is 2. The van der Waals surface area contributed by atoms with Crippen molar-refractivity contribution in [1.82, 2.24) is 0 Å². The molecular weight excluding hydrogens is 306 g/mol. The topological polar surface area (TPSA) is 40.9 Å². The van der Waals surface area contributed by atoms with Crippen LogP contribution in [0.25, 0.3) is 0 Å². The van der Waals surface area contributed by atoms with Crippen LogP contribution in [0.2, 0.25) is 0 Å². The minimum Gasteiger partial charge on any atom is -0.289 e. The van der Waals surface area contributed by atoms with E-state index >= 15 is 0 Å². The molecule has 0 fully saturated rings. The Bertz CT molecular complexity index is 871. The van der Waals surface area contributed by atoms with E-state index in [1.807, 2.05) is 42.5 Å². The summed E-state index contributed by atoms with van der Waals surface area (Å²) < 4.78 is 0. The van der Waals surface area contributed by atoms with E-state index in [4.69, 9.17) is 6.42 Å². The van der Waals surface area contributed by atoms with Gasteiger partial charge in [-0.1, -0.05) is 72.7 Å². The molecule has 0 N–H and O–H groups in total. The molecule has 0 bridgehead atoms. The zero-order valence-corrected chi connectivity index (χ0v) is 13.7. The van der Waals surface area contributed by atoms with Gasteiger partial charge in [0.2, 0.25) is 0 Å². The second kappa shape index (κ2) is 7.04. The molecule has 0 radical (unpaired) electrons. The van der Waals surface area contributed by atoms with Crippen molar-refractivity contribution in [2.24, 2.45) is 5.41 Å². The van der Waals surface area contributed by atoms with Gasteiger partial charge in [0.05, 0.1) is 11.0 Å². The highest BCUT2D eigenvalue weighted by Crippen LogP contribution is 2.40. The van der Waals surface area contributed by atoms with Crippen molar-refractivity contribution in [2.75, 3.05) is 0 Å². The van der Waals surface area contributed by atoms with Gasteiger partial charge in [0, 0.05) is 5.92 Å². The van der Waals surface area contributed by atoms with Crippen LogP contribution in [0.4, 0.5) is 0 Å². The summed E-state index contributed by atoms with van der Waals surface area (Å²) in [4.78, 5) is 11.8. The highest BCUT2D eigenvalue weighted by Gasteiger charge is 2.32. The van der Waals surface area contributed by atoms with Gasteiger partial charge in [-0.2, -0.15) is 5.26 Å². The van der Waals surface area contributed by atoms with E-state index in [1.54, 1.807) is 12.2 Å². The molecule has 0 saturated carbocycles. The Morgan fingerprint density at radius 2 is 1.56 bits per heavy atom. The summed E-state index contributed by atoms with van der Waals surface area (Å²) in [6.07, 6.45) is 11.2. The van der Waals surface area contributed by atoms with Crippen LogP contribution < -0.4 is 0 Å². The van der Waals surface area contributed by atoms with Gasteiger partial charge in [0.15, 0.2) is 5.78 Å². The lowest BCUT2D eigenvalue weighted by molar-refractivity contribution is -0.111. The predicted octanol–water partition coefficient (Wildman–Crippen LogP) is 4.42. The first-order valence-electron chi connectivity index (χ1n) is 8.11. The van der Waals surface area contributed by atoms with Gasteiger partial charge in [-0.15, -0.1) is 6.42 Å². The first-order chi connectivity index (χ1) is 12.2. The van der Waals surface area contributed by atoms with Crippen molar-refractivity contribution in [1.29, 1.82) is 5.26 Å². The Morgan fingerprint density at radius 3 is 2.04 bits per heavy atom. The van der Waals surface area contributed by atoms with Gasteiger partial charge in [0.1, 0.15) is 6.07 Å². The van der Waals surface area contributed by atoms with Crippen molar-refractivity contribution >= 4 is 5.78 Å². The monoisotopic (exact) mass is 323 g/mol. The molecule has 1 unspecified atom stereocenters. The Balaban J connectivity index is 2.05. The van der Waals surface area contributed by atoms with Crippen molar-refractivity contribution in [3.05, 3.63) is 95.6 Å². The maximum absolute atomic E-state index is 11.8. The lowest BCUT2D eigenvalue weighted by Crippen LogP contribution is -2.22. The lowest BCUT2D eigenvalue weighted by atomic mass is 9.72. The lowest BCUT2D eigenvalue weighted by Gasteiger charge is -2.29. The number of nitriles is 1. The van der Waals surface area contributed by atoms with Crippen LogP contribution in [0, 0.1) is 29.1 Å². The van der Waals surface area contributed by atoms with E-state index in [-0.39, 0.29) is 17.3 Å². The summed E-state index contributed by atoms with van der Waals surface area (Å²) in [7, 11) is 0. The van der Waals surface area contributed by atoms with Gasteiger partial charge in [0.25, 0.3) is 0 Å². The number of hydrogen-bond acceptors (Lipinski definition) is 2. The van der Waals surface area contributed by atoms with E-state index in [0.717, 1.165) is 11.1 Å². The van der Waals surface area contributed by atoms with E-state index in [9.17, 15) is 10.1 Å². The molecule has 3 rings (SSSR count). The number of hydrogen-bond donors (Lipinski definition) is 0. The molecule has 0 saturated heterocycles. The van der Waals surface area contributed by atoms with Gasteiger partial charge < -0.3 is 0 Å². The quantitative estimate of drug-likeness (QED) is 0.782. The molecule has 1 aliphatic rings. The van der Waals surface area contributed by atoms with Crippen molar-refractivity contribution in [2.45, 2.75) is 12.3 Å². The van der Waals surface area contributed by atoms with Crippen molar-refractivity contribution < 1.29 is 4.79 Å². The molecule has 2 heteroatoms. The molecule has 0 spiro atoms. The number of nitrogens with zero attached hydrogens (tertiary/aromatic N) is 1. The van der Waals surface area contributed by atoms with E-state index in [1.165, 1.54) is 6.08 Å². The Kier molecular flexibility index (Phi) is 4.64. The normalized spacial score (nSPS) is 19.2. The largest absolute Gasteiger partial charge is 0.289 e. The summed E-state index contributed by atoms with van der Waals surface area (Å²) in [5.74, 6) is 2.58. The van der Waals surface area contributed by atoms with E-state index in [2.05, 4.69) is 30.2 Å². The van der Waals surface area contributed by atoms with Crippen LogP contribution in [-0.4, -0.2) is 5.78 Å². The highest BCUT2D eigenvalue weighted by atomic mass is 16.1. The molecule has 0 amide bonds. The van der Waals surface area contributed by atoms with Crippen molar-refractivity contribution in [3.8, 4) is 18.4 Å². The smallest absolute Gasteiger partial charge is 0.195 e. The molecule has 1 atom stereocenters. The molecule has 2 aromatic rings. The zero-order valence-electron chi connectivity index (χ0n) is 13.7. The predicted molar refractivity (Wildman–Crippen MR) is 98.5 cm³/mol. The minimum absolute atomic E-state index is 0.0625. The maximum Gasteiger partial charge on any atom is 0.195 e. The maximum atomic E-state index is 11.8. The molecular formula is C23H17NO. The third-order valence-electron chi connectivity index (χ3n) is 4.53. The summed E-state index contributed by atoms with van der Waals surface area (Å²) in [5.41, 5.74) is 1.66. The number of allylic oxidation sites excluding steroid dienone is 4. The van der Waals surface area contributed by atoms with Gasteiger partial charge in [-0.05, 0) is 29.7 Å². The van der Waals surface area contributed by atoms with Gasteiger partial charge >= 0.3 is 0 Å². The second-order valence-corrected chi connectivity index (χ2v) is 6.13. The molecule has 0 aliphatic heterocycles. The van der Waals surface area contributed by atoms with Crippen LogP contribution in [0.15, 0.2) is 84.5 Å². The first-order valence-corrected chi connectivity index (χ1v) is 8.11. The fourth-order valence-electron chi connectivity index (χ4n) is 3.19. The van der Waals surface area contributed by atoms with Crippen LogP contribution in [0.5, 0.6) is 0 Å². The molecule has 0 heterocycles. The first kappa shape index (κ1) is 16.5. The Labute approximate surface area is 148 Å². The molecule has 25 heavy (non-hydrogen) atoms.